The van der Waals surface area contributed by atoms with Gasteiger partial charge in [0.1, 0.15) is 12.4 Å². The van der Waals surface area contributed by atoms with E-state index < -0.39 is 0 Å². The number of rotatable bonds is 6. The Hall–Kier alpha value is -1.56. The van der Waals surface area contributed by atoms with Gasteiger partial charge in [0.25, 0.3) is 0 Å². The van der Waals surface area contributed by atoms with Gasteiger partial charge in [-0.2, -0.15) is 0 Å². The molecular formula is C25H36ClN3O2. The Bertz CT molecular complexity index is 804. The van der Waals surface area contributed by atoms with Gasteiger partial charge in [-0.3, -0.25) is 9.69 Å². The number of likely N-dealkylation sites (tertiary alicyclic amines) is 2. The Balaban J connectivity index is 1.25. The van der Waals surface area contributed by atoms with Gasteiger partial charge in [0, 0.05) is 43.2 Å². The average molecular weight is 446 g/mol. The highest BCUT2D eigenvalue weighted by molar-refractivity contribution is 6.30. The van der Waals surface area contributed by atoms with Gasteiger partial charge in [-0.05, 0) is 94.6 Å². The van der Waals surface area contributed by atoms with E-state index in [0.29, 0.717) is 30.9 Å². The molecule has 1 aromatic carbocycles. The standard InChI is InChI=1S/C25H36ClN3O2/c1-27-12-9-23(10-13-27)28(2)25(30)8-5-19-4-3-11-29(16-19)17-20-14-21-15-22(26)6-7-24(21)31-18-20/h6-7,14-15,19,23H,3-5,8-13,16-18H2,1-2H3/t19-/m1/s1. The van der Waals surface area contributed by atoms with Crippen molar-refractivity contribution in [2.24, 2.45) is 5.92 Å². The van der Waals surface area contributed by atoms with Gasteiger partial charge in [-0.25, -0.2) is 0 Å². The molecule has 0 spiro atoms. The third kappa shape index (κ3) is 6.03. The van der Waals surface area contributed by atoms with E-state index in [1.807, 2.05) is 30.1 Å². The summed E-state index contributed by atoms with van der Waals surface area (Å²) in [5.41, 5.74) is 2.37. The van der Waals surface area contributed by atoms with E-state index in [-0.39, 0.29) is 0 Å². The molecule has 2 fully saturated rings. The van der Waals surface area contributed by atoms with Gasteiger partial charge in [-0.1, -0.05) is 11.6 Å². The van der Waals surface area contributed by atoms with Crippen molar-refractivity contribution in [3.8, 4) is 5.75 Å². The van der Waals surface area contributed by atoms with Crippen LogP contribution in [-0.2, 0) is 4.79 Å². The zero-order valence-corrected chi connectivity index (χ0v) is 19.7. The minimum Gasteiger partial charge on any atom is -0.489 e. The number of hydrogen-bond donors (Lipinski definition) is 0. The van der Waals surface area contributed by atoms with Gasteiger partial charge in [0.2, 0.25) is 5.91 Å². The molecule has 3 aliphatic rings. The smallest absolute Gasteiger partial charge is 0.222 e. The van der Waals surface area contributed by atoms with Crippen molar-refractivity contribution in [2.45, 2.75) is 44.6 Å². The number of fused-ring (bicyclic) bond motifs is 1. The molecule has 0 saturated carbocycles. The predicted octanol–water partition coefficient (Wildman–Crippen LogP) is 4.16. The molecule has 1 atom stereocenters. The minimum atomic E-state index is 0.323. The molecule has 0 aliphatic carbocycles. The Morgan fingerprint density at radius 1 is 1.23 bits per heavy atom. The van der Waals surface area contributed by atoms with Crippen LogP contribution in [0.5, 0.6) is 5.75 Å². The lowest BCUT2D eigenvalue weighted by Gasteiger charge is -2.36. The van der Waals surface area contributed by atoms with E-state index in [2.05, 4.69) is 22.9 Å². The van der Waals surface area contributed by atoms with Crippen LogP contribution in [0.15, 0.2) is 23.8 Å². The molecule has 4 rings (SSSR count). The van der Waals surface area contributed by atoms with E-state index in [9.17, 15) is 4.79 Å². The monoisotopic (exact) mass is 445 g/mol. The molecule has 31 heavy (non-hydrogen) atoms. The van der Waals surface area contributed by atoms with Gasteiger partial charge >= 0.3 is 0 Å². The first-order valence-electron chi connectivity index (χ1n) is 11.8. The number of amides is 1. The van der Waals surface area contributed by atoms with Crippen molar-refractivity contribution in [1.29, 1.82) is 0 Å². The summed E-state index contributed by atoms with van der Waals surface area (Å²) in [5, 5.41) is 0.743. The molecule has 0 unspecified atom stereocenters. The normalized spacial score (nSPS) is 23.1. The number of carbonyl (C=O) groups excluding carboxylic acids is 1. The number of halogens is 1. The second kappa shape index (κ2) is 10.4. The molecule has 170 valence electrons. The maximum Gasteiger partial charge on any atom is 0.222 e. The van der Waals surface area contributed by atoms with Crippen LogP contribution < -0.4 is 4.74 Å². The summed E-state index contributed by atoms with van der Waals surface area (Å²) in [7, 11) is 4.17. The first-order valence-corrected chi connectivity index (χ1v) is 12.1. The predicted molar refractivity (Wildman–Crippen MR) is 127 cm³/mol. The van der Waals surface area contributed by atoms with Crippen molar-refractivity contribution in [1.82, 2.24) is 14.7 Å². The van der Waals surface area contributed by atoms with Crippen molar-refractivity contribution in [3.05, 3.63) is 34.4 Å². The maximum atomic E-state index is 12.8. The lowest BCUT2D eigenvalue weighted by molar-refractivity contribution is -0.133. The number of nitrogens with zero attached hydrogens (tertiary/aromatic N) is 3. The Morgan fingerprint density at radius 2 is 2.03 bits per heavy atom. The average Bonchev–Trinajstić information content (AvgIpc) is 2.77. The van der Waals surface area contributed by atoms with Gasteiger partial charge in [-0.15, -0.1) is 0 Å². The van der Waals surface area contributed by atoms with Crippen LogP contribution in [0.4, 0.5) is 0 Å². The second-order valence-electron chi connectivity index (χ2n) is 9.59. The third-order valence-electron chi connectivity index (χ3n) is 7.17. The first-order chi connectivity index (χ1) is 15.0. The summed E-state index contributed by atoms with van der Waals surface area (Å²) in [4.78, 5) is 19.7. The number of carbonyl (C=O) groups is 1. The Kier molecular flexibility index (Phi) is 7.57. The maximum absolute atomic E-state index is 12.8. The highest BCUT2D eigenvalue weighted by Crippen LogP contribution is 2.30. The fourth-order valence-corrected chi connectivity index (χ4v) is 5.37. The molecule has 3 aliphatic heterocycles. The SMILES string of the molecule is CN1CCC(N(C)C(=O)CC[C@H]2CCCN(CC3=Cc4cc(Cl)ccc4OC3)C2)CC1. The summed E-state index contributed by atoms with van der Waals surface area (Å²) in [6, 6.07) is 6.21. The minimum absolute atomic E-state index is 0.323. The van der Waals surface area contributed by atoms with Gasteiger partial charge in [0.05, 0.1) is 0 Å². The highest BCUT2D eigenvalue weighted by Gasteiger charge is 2.26. The summed E-state index contributed by atoms with van der Waals surface area (Å²) >= 11 is 6.15. The van der Waals surface area contributed by atoms with E-state index in [0.717, 1.165) is 68.3 Å². The molecule has 0 N–H and O–H groups in total. The molecular weight excluding hydrogens is 410 g/mol. The molecule has 1 aromatic rings. The van der Waals surface area contributed by atoms with Crippen LogP contribution in [0.3, 0.4) is 0 Å². The van der Waals surface area contributed by atoms with Crippen molar-refractivity contribution in [3.63, 3.8) is 0 Å². The molecule has 0 radical (unpaired) electrons. The topological polar surface area (TPSA) is 36.0 Å². The number of ether oxygens (including phenoxy) is 1. The molecule has 2 saturated heterocycles. The quantitative estimate of drug-likeness (QED) is 0.658. The summed E-state index contributed by atoms with van der Waals surface area (Å²) in [6.45, 7) is 5.97. The molecule has 0 aromatic heterocycles. The lowest BCUT2D eigenvalue weighted by atomic mass is 9.92. The van der Waals surface area contributed by atoms with Crippen molar-refractivity contribution in [2.75, 3.05) is 53.4 Å². The van der Waals surface area contributed by atoms with Gasteiger partial charge < -0.3 is 14.5 Å². The molecule has 3 heterocycles. The van der Waals surface area contributed by atoms with Crippen LogP contribution in [0, 0.1) is 5.92 Å². The van der Waals surface area contributed by atoms with Crippen LogP contribution in [0.2, 0.25) is 5.02 Å². The van der Waals surface area contributed by atoms with E-state index in [4.69, 9.17) is 16.3 Å². The molecule has 6 heteroatoms. The first kappa shape index (κ1) is 22.6. The molecule has 1 amide bonds. The zero-order valence-electron chi connectivity index (χ0n) is 19.0. The number of piperidine rings is 2. The van der Waals surface area contributed by atoms with Crippen LogP contribution >= 0.6 is 11.6 Å². The lowest BCUT2D eigenvalue weighted by Crippen LogP contribution is -2.44. The fourth-order valence-electron chi connectivity index (χ4n) is 5.19. The van der Waals surface area contributed by atoms with E-state index in [1.54, 1.807) is 0 Å². The van der Waals surface area contributed by atoms with Crippen molar-refractivity contribution >= 4 is 23.6 Å². The van der Waals surface area contributed by atoms with Crippen LogP contribution in [0.1, 0.15) is 44.1 Å². The van der Waals surface area contributed by atoms with Crippen LogP contribution in [-0.4, -0.2) is 80.1 Å². The fraction of sp³-hybridized carbons (Fsp3) is 0.640. The van der Waals surface area contributed by atoms with Gasteiger partial charge in [0.15, 0.2) is 0 Å². The van der Waals surface area contributed by atoms with Crippen LogP contribution in [0.25, 0.3) is 6.08 Å². The Morgan fingerprint density at radius 3 is 2.84 bits per heavy atom. The highest BCUT2D eigenvalue weighted by atomic mass is 35.5. The summed E-state index contributed by atoms with van der Waals surface area (Å²) in [6.07, 6.45) is 8.55. The molecule has 5 nitrogen and oxygen atoms in total. The van der Waals surface area contributed by atoms with E-state index >= 15 is 0 Å². The Labute approximate surface area is 192 Å². The second-order valence-corrected chi connectivity index (χ2v) is 10.0. The third-order valence-corrected chi connectivity index (χ3v) is 7.41. The summed E-state index contributed by atoms with van der Waals surface area (Å²) < 4.78 is 5.92. The van der Waals surface area contributed by atoms with E-state index in [1.165, 1.54) is 18.4 Å². The van der Waals surface area contributed by atoms with Crippen molar-refractivity contribution < 1.29 is 9.53 Å². The number of benzene rings is 1. The largest absolute Gasteiger partial charge is 0.489 e. The zero-order chi connectivity index (χ0) is 21.8. The number of hydrogen-bond acceptors (Lipinski definition) is 4. The summed E-state index contributed by atoms with van der Waals surface area (Å²) in [5.74, 6) is 1.84. The molecule has 0 bridgehead atoms.